The van der Waals surface area contributed by atoms with Gasteiger partial charge in [-0.2, -0.15) is 9.04 Å². The van der Waals surface area contributed by atoms with Crippen LogP contribution in [0.5, 0.6) is 5.75 Å². The molecular weight excluding hydrogens is 522 g/mol. The fourth-order valence-corrected chi connectivity index (χ4v) is 5.57. The average Bonchev–Trinajstić information content (AvgIpc) is 2.92. The first-order chi connectivity index (χ1) is 18.6. The van der Waals surface area contributed by atoms with Crippen LogP contribution in [-0.4, -0.2) is 56.3 Å². The fourth-order valence-electron chi connectivity index (χ4n) is 3.94. The largest absolute Gasteiger partial charge is 0.619 e. The molecule has 0 unspecified atom stereocenters. The Morgan fingerprint density at radius 1 is 1.00 bits per heavy atom. The number of nitrogens with zero attached hydrogens (tertiary/aromatic N) is 2. The molecule has 11 heteroatoms. The van der Waals surface area contributed by atoms with E-state index in [4.69, 9.17) is 9.47 Å². The van der Waals surface area contributed by atoms with Crippen LogP contribution in [0.25, 0.3) is 0 Å². The highest BCUT2D eigenvalue weighted by Crippen LogP contribution is 2.21. The SMILES string of the molecule is COc1ccc(S(=O)(=O)N(CC(C)C)C[C@@H](O)[C@H](Cc2ccccc2)NC(=O)OCc2cc[n+]([O-])cc2)cc1. The molecule has 2 N–H and O–H groups in total. The van der Waals surface area contributed by atoms with Crippen molar-refractivity contribution in [3.8, 4) is 5.75 Å². The van der Waals surface area contributed by atoms with Gasteiger partial charge >= 0.3 is 6.09 Å². The number of pyridine rings is 1. The minimum atomic E-state index is -3.95. The molecule has 3 aromatic rings. The van der Waals surface area contributed by atoms with Crippen LogP contribution in [0.3, 0.4) is 0 Å². The number of aliphatic hydroxyl groups excluding tert-OH is 1. The molecule has 0 saturated carbocycles. The molecule has 210 valence electrons. The van der Waals surface area contributed by atoms with Gasteiger partial charge in [-0.05, 0) is 42.2 Å². The minimum Gasteiger partial charge on any atom is -0.619 e. The lowest BCUT2D eigenvalue weighted by atomic mass is 10.0. The molecule has 2 aromatic carbocycles. The number of methoxy groups -OCH3 is 1. The summed E-state index contributed by atoms with van der Waals surface area (Å²) in [6.45, 7) is 3.62. The molecule has 1 heterocycles. The van der Waals surface area contributed by atoms with Crippen molar-refractivity contribution in [1.29, 1.82) is 0 Å². The maximum Gasteiger partial charge on any atom is 0.407 e. The average molecular weight is 558 g/mol. The Kier molecular flexibility index (Phi) is 10.7. The Morgan fingerprint density at radius 2 is 1.64 bits per heavy atom. The van der Waals surface area contributed by atoms with Crippen molar-refractivity contribution in [1.82, 2.24) is 9.62 Å². The molecule has 1 amide bonds. The topological polar surface area (TPSA) is 132 Å². The van der Waals surface area contributed by atoms with Gasteiger partial charge in [-0.3, -0.25) is 0 Å². The Labute approximate surface area is 229 Å². The van der Waals surface area contributed by atoms with Crippen molar-refractivity contribution in [3.05, 3.63) is 95.5 Å². The van der Waals surface area contributed by atoms with Crippen molar-refractivity contribution in [3.63, 3.8) is 0 Å². The normalized spacial score (nSPS) is 13.2. The number of hydrogen-bond donors (Lipinski definition) is 2. The van der Waals surface area contributed by atoms with Gasteiger partial charge in [0.15, 0.2) is 12.4 Å². The van der Waals surface area contributed by atoms with Crippen LogP contribution in [0.15, 0.2) is 84.0 Å². The summed E-state index contributed by atoms with van der Waals surface area (Å²) in [5, 5.41) is 25.2. The maximum atomic E-state index is 13.5. The number of aliphatic hydroxyl groups is 1. The third-order valence-corrected chi connectivity index (χ3v) is 7.81. The van der Waals surface area contributed by atoms with Crippen molar-refractivity contribution in [2.24, 2.45) is 5.92 Å². The van der Waals surface area contributed by atoms with Gasteiger partial charge in [-0.1, -0.05) is 44.2 Å². The van der Waals surface area contributed by atoms with E-state index in [1.807, 2.05) is 44.2 Å². The van der Waals surface area contributed by atoms with Gasteiger partial charge in [0.2, 0.25) is 10.0 Å². The van der Waals surface area contributed by atoms with E-state index >= 15 is 0 Å². The van der Waals surface area contributed by atoms with Crippen molar-refractivity contribution < 1.29 is 32.5 Å². The number of hydrogen-bond acceptors (Lipinski definition) is 7. The highest BCUT2D eigenvalue weighted by molar-refractivity contribution is 7.89. The molecule has 39 heavy (non-hydrogen) atoms. The predicted octanol–water partition coefficient (Wildman–Crippen LogP) is 2.87. The smallest absolute Gasteiger partial charge is 0.407 e. The summed E-state index contributed by atoms with van der Waals surface area (Å²) in [4.78, 5) is 12.8. The summed E-state index contributed by atoms with van der Waals surface area (Å²) >= 11 is 0. The van der Waals surface area contributed by atoms with Gasteiger partial charge < -0.3 is 25.1 Å². The van der Waals surface area contributed by atoms with Gasteiger partial charge in [0.05, 0.1) is 24.2 Å². The van der Waals surface area contributed by atoms with Crippen LogP contribution in [-0.2, 0) is 27.8 Å². The summed E-state index contributed by atoms with van der Waals surface area (Å²) in [7, 11) is -2.46. The van der Waals surface area contributed by atoms with Crippen molar-refractivity contribution in [2.45, 2.75) is 43.9 Å². The van der Waals surface area contributed by atoms with Gasteiger partial charge in [-0.15, -0.1) is 0 Å². The van der Waals surface area contributed by atoms with Gasteiger partial charge in [0, 0.05) is 30.8 Å². The van der Waals surface area contributed by atoms with Gasteiger partial charge in [0.25, 0.3) is 0 Å². The summed E-state index contributed by atoms with van der Waals surface area (Å²) in [5.74, 6) is 0.507. The molecule has 0 aliphatic heterocycles. The van der Waals surface area contributed by atoms with E-state index in [9.17, 15) is 23.5 Å². The number of rotatable bonds is 13. The van der Waals surface area contributed by atoms with Crippen LogP contribution in [0.1, 0.15) is 25.0 Å². The van der Waals surface area contributed by atoms with E-state index in [0.717, 1.165) is 5.56 Å². The van der Waals surface area contributed by atoms with E-state index in [-0.39, 0.29) is 36.9 Å². The molecule has 0 aliphatic rings. The second-order valence-electron chi connectivity index (χ2n) is 9.54. The van der Waals surface area contributed by atoms with Gasteiger partial charge in [-0.25, -0.2) is 13.2 Å². The van der Waals surface area contributed by atoms with Crippen molar-refractivity contribution in [2.75, 3.05) is 20.2 Å². The third-order valence-electron chi connectivity index (χ3n) is 5.96. The summed E-state index contributed by atoms with van der Waals surface area (Å²) in [6.07, 6.45) is 0.815. The second kappa shape index (κ2) is 13.9. The number of nitrogens with one attached hydrogen (secondary N) is 1. The lowest BCUT2D eigenvalue weighted by molar-refractivity contribution is -0.605. The molecule has 0 spiro atoms. The zero-order chi connectivity index (χ0) is 28.4. The molecule has 1 aromatic heterocycles. The molecule has 0 fully saturated rings. The number of carbonyl (C=O) groups is 1. The Morgan fingerprint density at radius 3 is 2.23 bits per heavy atom. The van der Waals surface area contributed by atoms with E-state index in [0.29, 0.717) is 16.0 Å². The number of sulfonamides is 1. The van der Waals surface area contributed by atoms with Gasteiger partial charge in [0.1, 0.15) is 12.4 Å². The van der Waals surface area contributed by atoms with E-state index in [1.165, 1.54) is 48.1 Å². The maximum absolute atomic E-state index is 13.5. The lowest BCUT2D eigenvalue weighted by Crippen LogP contribution is -2.51. The molecule has 10 nitrogen and oxygen atoms in total. The highest BCUT2D eigenvalue weighted by atomic mass is 32.2. The standard InChI is InChI=1S/C28H35N3O7S/c1-21(2)18-31(39(35,36)25-11-9-24(37-3)10-12-25)19-27(32)26(17-22-7-5-4-6-8-22)29-28(33)38-20-23-13-15-30(34)16-14-23/h4-16,21,26-27,32H,17-20H2,1-3H3,(H,29,33)/t26-,27+/m0/s1. The fraction of sp³-hybridized carbons (Fsp3) is 0.357. The van der Waals surface area contributed by atoms with Crippen LogP contribution >= 0.6 is 0 Å². The number of carbonyl (C=O) groups excluding carboxylic acids is 1. The molecule has 0 saturated heterocycles. The molecule has 3 rings (SSSR count). The third kappa shape index (κ3) is 8.95. The zero-order valence-corrected chi connectivity index (χ0v) is 23.1. The summed E-state index contributed by atoms with van der Waals surface area (Å²) in [6, 6.07) is 17.5. The first kappa shape index (κ1) is 29.9. The van der Waals surface area contributed by atoms with E-state index in [2.05, 4.69) is 5.32 Å². The predicted molar refractivity (Wildman–Crippen MR) is 145 cm³/mol. The van der Waals surface area contributed by atoms with Crippen LogP contribution in [0.4, 0.5) is 4.79 Å². The first-order valence-corrected chi connectivity index (χ1v) is 14.0. The monoisotopic (exact) mass is 557 g/mol. The first-order valence-electron chi connectivity index (χ1n) is 12.6. The van der Waals surface area contributed by atoms with Crippen LogP contribution < -0.4 is 14.8 Å². The molecule has 0 aliphatic carbocycles. The minimum absolute atomic E-state index is 0.0191. The van der Waals surface area contributed by atoms with E-state index in [1.54, 1.807) is 12.1 Å². The quantitative estimate of drug-likeness (QED) is 0.244. The summed E-state index contributed by atoms with van der Waals surface area (Å²) < 4.78 is 39.3. The molecule has 0 radical (unpaired) electrons. The molecule has 0 bridgehead atoms. The van der Waals surface area contributed by atoms with Crippen LogP contribution in [0, 0.1) is 11.1 Å². The Bertz CT molecular complexity index is 1280. The Balaban J connectivity index is 1.78. The zero-order valence-electron chi connectivity index (χ0n) is 22.3. The number of amides is 1. The molecule has 2 atom stereocenters. The Hall–Kier alpha value is -3.67. The number of ether oxygens (including phenoxy) is 2. The van der Waals surface area contributed by atoms with Crippen molar-refractivity contribution >= 4 is 16.1 Å². The molecular formula is C28H35N3O7S. The van der Waals surface area contributed by atoms with Crippen LogP contribution in [0.2, 0.25) is 0 Å². The summed E-state index contributed by atoms with van der Waals surface area (Å²) in [5.41, 5.74) is 1.46. The number of aromatic nitrogens is 1. The number of alkyl carbamates (subject to hydrolysis) is 1. The van der Waals surface area contributed by atoms with E-state index < -0.39 is 28.3 Å². The second-order valence-corrected chi connectivity index (χ2v) is 11.5. The lowest BCUT2D eigenvalue weighted by Gasteiger charge is -2.30. The number of benzene rings is 2. The highest BCUT2D eigenvalue weighted by Gasteiger charge is 2.31.